The van der Waals surface area contributed by atoms with Crippen LogP contribution in [0.2, 0.25) is 0 Å². The Morgan fingerprint density at radius 2 is 1.94 bits per heavy atom. The maximum atomic E-state index is 5.92. The molecule has 0 radical (unpaired) electrons. The number of rotatable bonds is 1. The highest BCUT2D eigenvalue weighted by atomic mass is 16.5. The highest BCUT2D eigenvalue weighted by Crippen LogP contribution is 2.36. The first kappa shape index (κ1) is 11.8. The summed E-state index contributed by atoms with van der Waals surface area (Å²) in [5, 5.41) is 3.40. The summed E-state index contributed by atoms with van der Waals surface area (Å²) in [5.41, 5.74) is 1.44. The van der Waals surface area contributed by atoms with E-state index in [0.717, 1.165) is 24.6 Å². The lowest BCUT2D eigenvalue weighted by molar-refractivity contribution is 0.140. The molecule has 0 bridgehead atoms. The minimum absolute atomic E-state index is 0.0775. The molecule has 0 saturated carbocycles. The molecule has 0 spiro atoms. The second-order valence-corrected chi connectivity index (χ2v) is 6.14. The first-order valence-corrected chi connectivity index (χ1v) is 6.74. The van der Waals surface area contributed by atoms with Gasteiger partial charge in [-0.25, -0.2) is 0 Å². The Kier molecular flexibility index (Phi) is 2.94. The predicted octanol–water partition coefficient (Wildman–Crippen LogP) is 2.56. The zero-order chi connectivity index (χ0) is 12.6. The molecule has 3 heteroatoms. The van der Waals surface area contributed by atoms with Crippen LogP contribution in [0, 0.1) is 5.41 Å². The predicted molar refractivity (Wildman–Crippen MR) is 71.4 cm³/mol. The van der Waals surface area contributed by atoms with Crippen LogP contribution in [0.15, 0.2) is 18.2 Å². The Hall–Kier alpha value is -1.22. The summed E-state index contributed by atoms with van der Waals surface area (Å²) >= 11 is 0. The molecule has 1 aromatic rings. The molecular formula is C15H21NO2. The van der Waals surface area contributed by atoms with Crippen molar-refractivity contribution >= 4 is 0 Å². The van der Waals surface area contributed by atoms with Crippen LogP contribution in [0.5, 0.6) is 11.5 Å². The van der Waals surface area contributed by atoms with Gasteiger partial charge in [-0.15, -0.1) is 0 Å². The first-order valence-electron chi connectivity index (χ1n) is 6.74. The summed E-state index contributed by atoms with van der Waals surface area (Å²) in [6.45, 7) is 7.95. The summed E-state index contributed by atoms with van der Waals surface area (Å²) in [4.78, 5) is 0. The van der Waals surface area contributed by atoms with E-state index in [1.165, 1.54) is 12.0 Å². The summed E-state index contributed by atoms with van der Waals surface area (Å²) in [7, 11) is 0. The zero-order valence-corrected chi connectivity index (χ0v) is 11.2. The highest BCUT2D eigenvalue weighted by molar-refractivity contribution is 5.44. The van der Waals surface area contributed by atoms with Gasteiger partial charge in [-0.3, -0.25) is 0 Å². The maximum absolute atomic E-state index is 5.92. The van der Waals surface area contributed by atoms with E-state index in [4.69, 9.17) is 9.47 Å². The second-order valence-electron chi connectivity index (χ2n) is 6.14. The molecular weight excluding hydrogens is 226 g/mol. The van der Waals surface area contributed by atoms with E-state index in [9.17, 15) is 0 Å². The number of ether oxygens (including phenoxy) is 2. The van der Waals surface area contributed by atoms with Crippen molar-refractivity contribution in [2.45, 2.75) is 26.2 Å². The van der Waals surface area contributed by atoms with Crippen molar-refractivity contribution in [2.75, 3.05) is 26.3 Å². The molecule has 2 aliphatic rings. The summed E-state index contributed by atoms with van der Waals surface area (Å²) in [5.74, 6) is 2.41. The van der Waals surface area contributed by atoms with E-state index in [1.807, 2.05) is 0 Å². The summed E-state index contributed by atoms with van der Waals surface area (Å²) < 4.78 is 11.8. The van der Waals surface area contributed by atoms with Crippen LogP contribution in [0.4, 0.5) is 0 Å². The van der Waals surface area contributed by atoms with Crippen LogP contribution < -0.4 is 14.8 Å². The number of fused-ring (bicyclic) bond motifs is 1. The lowest BCUT2D eigenvalue weighted by Gasteiger charge is -2.19. The van der Waals surface area contributed by atoms with Crippen molar-refractivity contribution in [1.29, 1.82) is 0 Å². The van der Waals surface area contributed by atoms with E-state index in [1.54, 1.807) is 0 Å². The van der Waals surface area contributed by atoms with Gasteiger partial charge in [0.25, 0.3) is 0 Å². The average molecular weight is 247 g/mol. The Bertz CT molecular complexity index is 436. The first-order chi connectivity index (χ1) is 8.64. The number of nitrogens with one attached hydrogen (secondary N) is 1. The smallest absolute Gasteiger partial charge is 0.161 e. The van der Waals surface area contributed by atoms with Crippen LogP contribution in [0.25, 0.3) is 0 Å². The molecule has 3 nitrogen and oxygen atoms in total. The van der Waals surface area contributed by atoms with Crippen LogP contribution in [-0.4, -0.2) is 26.3 Å². The molecule has 1 fully saturated rings. The SMILES string of the molecule is CC1(C)COc2ccc(C3CCNC3)cc2OC1. The minimum Gasteiger partial charge on any atom is -0.489 e. The molecule has 2 heterocycles. The molecule has 2 aliphatic heterocycles. The minimum atomic E-state index is 0.0775. The van der Waals surface area contributed by atoms with Gasteiger partial charge < -0.3 is 14.8 Å². The molecule has 98 valence electrons. The molecule has 18 heavy (non-hydrogen) atoms. The van der Waals surface area contributed by atoms with Crippen molar-refractivity contribution in [2.24, 2.45) is 5.41 Å². The van der Waals surface area contributed by atoms with Gasteiger partial charge in [-0.2, -0.15) is 0 Å². The highest BCUT2D eigenvalue weighted by Gasteiger charge is 2.26. The fourth-order valence-corrected chi connectivity index (χ4v) is 2.54. The lowest BCUT2D eigenvalue weighted by Crippen LogP contribution is -2.26. The monoisotopic (exact) mass is 247 g/mol. The largest absolute Gasteiger partial charge is 0.489 e. The van der Waals surface area contributed by atoms with Crippen molar-refractivity contribution in [1.82, 2.24) is 5.32 Å². The Morgan fingerprint density at radius 3 is 2.67 bits per heavy atom. The average Bonchev–Trinajstić information content (AvgIpc) is 2.83. The molecule has 3 rings (SSSR count). The van der Waals surface area contributed by atoms with E-state index < -0.39 is 0 Å². The Labute approximate surface area is 108 Å². The Morgan fingerprint density at radius 1 is 1.17 bits per heavy atom. The Balaban J connectivity index is 1.85. The molecule has 1 N–H and O–H groups in total. The lowest BCUT2D eigenvalue weighted by atomic mass is 9.97. The third-order valence-electron chi connectivity index (χ3n) is 3.74. The third-order valence-corrected chi connectivity index (χ3v) is 3.74. The van der Waals surface area contributed by atoms with Gasteiger partial charge in [0.1, 0.15) is 0 Å². The fraction of sp³-hybridized carbons (Fsp3) is 0.600. The maximum Gasteiger partial charge on any atom is 0.161 e. The molecule has 1 aromatic carbocycles. The van der Waals surface area contributed by atoms with Crippen LogP contribution in [0.1, 0.15) is 31.7 Å². The van der Waals surface area contributed by atoms with Crippen molar-refractivity contribution < 1.29 is 9.47 Å². The molecule has 1 unspecified atom stereocenters. The molecule has 1 saturated heterocycles. The van der Waals surface area contributed by atoms with Gasteiger partial charge in [-0.1, -0.05) is 19.9 Å². The van der Waals surface area contributed by atoms with Crippen molar-refractivity contribution in [3.63, 3.8) is 0 Å². The zero-order valence-electron chi connectivity index (χ0n) is 11.2. The van der Waals surface area contributed by atoms with Gasteiger partial charge in [0.15, 0.2) is 11.5 Å². The summed E-state index contributed by atoms with van der Waals surface area (Å²) in [6, 6.07) is 6.40. The second kappa shape index (κ2) is 4.47. The van der Waals surface area contributed by atoms with Gasteiger partial charge in [0.05, 0.1) is 13.2 Å². The van der Waals surface area contributed by atoms with Gasteiger partial charge in [0, 0.05) is 12.0 Å². The molecule has 0 aliphatic carbocycles. The number of benzene rings is 1. The molecule has 0 aromatic heterocycles. The van der Waals surface area contributed by atoms with Crippen LogP contribution >= 0.6 is 0 Å². The van der Waals surface area contributed by atoms with Crippen molar-refractivity contribution in [3.8, 4) is 11.5 Å². The molecule has 1 atom stereocenters. The van der Waals surface area contributed by atoms with Gasteiger partial charge >= 0.3 is 0 Å². The number of hydrogen-bond acceptors (Lipinski definition) is 3. The molecule has 0 amide bonds. The van der Waals surface area contributed by atoms with Gasteiger partial charge in [-0.05, 0) is 36.6 Å². The van der Waals surface area contributed by atoms with E-state index in [-0.39, 0.29) is 5.41 Å². The normalized spacial score (nSPS) is 25.8. The quantitative estimate of drug-likeness (QED) is 0.827. The van der Waals surface area contributed by atoms with E-state index in [2.05, 4.69) is 37.4 Å². The third kappa shape index (κ3) is 2.32. The standard InChI is InChI=1S/C15H21NO2/c1-15(2)9-17-13-4-3-11(7-14(13)18-10-15)12-5-6-16-8-12/h3-4,7,12,16H,5-6,8-10H2,1-2H3. The van der Waals surface area contributed by atoms with E-state index in [0.29, 0.717) is 19.1 Å². The fourth-order valence-electron chi connectivity index (χ4n) is 2.54. The van der Waals surface area contributed by atoms with E-state index >= 15 is 0 Å². The topological polar surface area (TPSA) is 30.5 Å². The van der Waals surface area contributed by atoms with Crippen molar-refractivity contribution in [3.05, 3.63) is 23.8 Å². The summed E-state index contributed by atoms with van der Waals surface area (Å²) in [6.07, 6.45) is 1.21. The van der Waals surface area contributed by atoms with Crippen LogP contribution in [-0.2, 0) is 0 Å². The van der Waals surface area contributed by atoms with Crippen LogP contribution in [0.3, 0.4) is 0 Å². The van der Waals surface area contributed by atoms with Gasteiger partial charge in [0.2, 0.25) is 0 Å². The number of hydrogen-bond donors (Lipinski definition) is 1.